The number of fused-ring (bicyclic) bond motifs is 1. The predicted octanol–water partition coefficient (Wildman–Crippen LogP) is 1.22. The molecule has 7 nitrogen and oxygen atoms in total. The smallest absolute Gasteiger partial charge is 0.326 e. The van der Waals surface area contributed by atoms with E-state index in [-0.39, 0.29) is 12.1 Å². The maximum atomic E-state index is 12.2. The number of carbonyl (C=O) groups excluding carboxylic acids is 1. The third-order valence-corrected chi connectivity index (χ3v) is 4.06. The quantitative estimate of drug-likeness (QED) is 0.798. The highest BCUT2D eigenvalue weighted by atomic mass is 32.1. The highest BCUT2D eigenvalue weighted by Crippen LogP contribution is 2.13. The van der Waals surface area contributed by atoms with Crippen molar-refractivity contribution in [3.8, 4) is 0 Å². The van der Waals surface area contributed by atoms with Gasteiger partial charge in [0.1, 0.15) is 17.4 Å². The summed E-state index contributed by atoms with van der Waals surface area (Å²) in [7, 11) is 0. The van der Waals surface area contributed by atoms with Crippen molar-refractivity contribution >= 4 is 33.4 Å². The van der Waals surface area contributed by atoms with Gasteiger partial charge in [-0.3, -0.25) is 14.2 Å². The summed E-state index contributed by atoms with van der Waals surface area (Å²) < 4.78 is 1.18. The summed E-state index contributed by atoms with van der Waals surface area (Å²) in [6.07, 6.45) is 3.23. The molecule has 0 aliphatic rings. The topological polar surface area (TPSA) is 101 Å². The third-order valence-electron chi connectivity index (χ3n) is 3.24. The minimum absolute atomic E-state index is 0.243. The Morgan fingerprint density at radius 1 is 1.50 bits per heavy atom. The first-order valence-corrected chi connectivity index (χ1v) is 7.85. The molecule has 2 rings (SSSR count). The van der Waals surface area contributed by atoms with E-state index in [1.807, 2.05) is 6.92 Å². The van der Waals surface area contributed by atoms with E-state index in [2.05, 4.69) is 10.3 Å². The molecular formula is C14H17N3O4S. The van der Waals surface area contributed by atoms with E-state index < -0.39 is 17.9 Å². The predicted molar refractivity (Wildman–Crippen MR) is 83.0 cm³/mol. The van der Waals surface area contributed by atoms with Gasteiger partial charge in [-0.25, -0.2) is 9.78 Å². The Morgan fingerprint density at radius 2 is 2.27 bits per heavy atom. The lowest BCUT2D eigenvalue weighted by Gasteiger charge is -2.14. The molecular weight excluding hydrogens is 306 g/mol. The second-order valence-corrected chi connectivity index (χ2v) is 5.81. The van der Waals surface area contributed by atoms with Gasteiger partial charge in [-0.15, -0.1) is 11.3 Å². The van der Waals surface area contributed by atoms with Crippen LogP contribution in [0.3, 0.4) is 0 Å². The second kappa shape index (κ2) is 7.17. The van der Waals surface area contributed by atoms with E-state index in [0.29, 0.717) is 23.1 Å². The van der Waals surface area contributed by atoms with Crippen LogP contribution in [0.1, 0.15) is 26.2 Å². The third kappa shape index (κ3) is 3.70. The summed E-state index contributed by atoms with van der Waals surface area (Å²) in [5.41, 5.74) is -0.304. The molecule has 2 N–H and O–H groups in total. The maximum absolute atomic E-state index is 12.2. The Hall–Kier alpha value is -2.22. The van der Waals surface area contributed by atoms with Gasteiger partial charge in [0.25, 0.3) is 5.56 Å². The first-order valence-electron chi connectivity index (χ1n) is 6.97. The SMILES string of the molecule is CCCC[C@H](NC(=O)Cn1cnc2sccc2c1=O)C(=O)O. The van der Waals surface area contributed by atoms with Crippen molar-refractivity contribution in [2.75, 3.05) is 0 Å². The molecule has 2 aromatic heterocycles. The summed E-state index contributed by atoms with van der Waals surface area (Å²) in [5, 5.41) is 13.8. The van der Waals surface area contributed by atoms with E-state index in [9.17, 15) is 14.4 Å². The lowest BCUT2D eigenvalue weighted by Crippen LogP contribution is -2.43. The minimum Gasteiger partial charge on any atom is -0.480 e. The van der Waals surface area contributed by atoms with Crippen molar-refractivity contribution in [2.45, 2.75) is 38.8 Å². The van der Waals surface area contributed by atoms with Crippen LogP contribution in [-0.4, -0.2) is 32.6 Å². The normalized spacial score (nSPS) is 12.2. The number of unbranched alkanes of at least 4 members (excludes halogenated alkanes) is 1. The van der Waals surface area contributed by atoms with Gasteiger partial charge in [-0.2, -0.15) is 0 Å². The van der Waals surface area contributed by atoms with Crippen molar-refractivity contribution in [2.24, 2.45) is 0 Å². The first-order chi connectivity index (χ1) is 10.5. The number of nitrogens with one attached hydrogen (secondary N) is 1. The molecule has 1 amide bonds. The number of thiophene rings is 1. The lowest BCUT2D eigenvalue weighted by molar-refractivity contribution is -0.142. The number of nitrogens with zero attached hydrogens (tertiary/aromatic N) is 2. The van der Waals surface area contributed by atoms with Crippen LogP contribution in [0, 0.1) is 0 Å². The molecule has 0 aromatic carbocycles. The number of amides is 1. The van der Waals surface area contributed by atoms with Gasteiger partial charge in [0, 0.05) is 0 Å². The van der Waals surface area contributed by atoms with Crippen LogP contribution in [0.25, 0.3) is 10.2 Å². The largest absolute Gasteiger partial charge is 0.480 e. The molecule has 0 aliphatic carbocycles. The van der Waals surface area contributed by atoms with Crippen molar-refractivity contribution in [1.82, 2.24) is 14.9 Å². The van der Waals surface area contributed by atoms with Crippen LogP contribution in [0.5, 0.6) is 0 Å². The van der Waals surface area contributed by atoms with Gasteiger partial charge < -0.3 is 10.4 Å². The number of hydrogen-bond donors (Lipinski definition) is 2. The van der Waals surface area contributed by atoms with Gasteiger partial charge in [0.2, 0.25) is 5.91 Å². The molecule has 2 heterocycles. The molecule has 0 saturated carbocycles. The van der Waals surface area contributed by atoms with E-state index in [4.69, 9.17) is 5.11 Å². The Morgan fingerprint density at radius 3 is 2.95 bits per heavy atom. The number of carboxylic acid groups (broad SMARTS) is 1. The van der Waals surface area contributed by atoms with Crippen LogP contribution in [0.15, 0.2) is 22.6 Å². The number of carboxylic acids is 1. The average molecular weight is 323 g/mol. The van der Waals surface area contributed by atoms with E-state index in [1.54, 1.807) is 11.4 Å². The van der Waals surface area contributed by atoms with E-state index in [1.165, 1.54) is 22.2 Å². The van der Waals surface area contributed by atoms with E-state index in [0.717, 1.165) is 6.42 Å². The monoisotopic (exact) mass is 323 g/mol. The summed E-state index contributed by atoms with van der Waals surface area (Å²) in [6.45, 7) is 1.70. The van der Waals surface area contributed by atoms with Gasteiger partial charge in [-0.1, -0.05) is 19.8 Å². The molecule has 0 bridgehead atoms. The first kappa shape index (κ1) is 16.2. The van der Waals surface area contributed by atoms with E-state index >= 15 is 0 Å². The molecule has 0 radical (unpaired) electrons. The highest BCUT2D eigenvalue weighted by molar-refractivity contribution is 7.16. The molecule has 0 spiro atoms. The summed E-state index contributed by atoms with van der Waals surface area (Å²) >= 11 is 1.35. The standard InChI is InChI=1S/C14H17N3O4S/c1-2-3-4-10(14(20)21)16-11(18)7-17-8-15-12-9(13(17)19)5-6-22-12/h5-6,8,10H,2-4,7H2,1H3,(H,16,18)(H,20,21)/t10-/m0/s1. The molecule has 0 aliphatic heterocycles. The van der Waals surface area contributed by atoms with Crippen molar-refractivity contribution in [3.05, 3.63) is 28.1 Å². The summed E-state index contributed by atoms with van der Waals surface area (Å²) in [6, 6.07) is 0.728. The van der Waals surface area contributed by atoms with Gasteiger partial charge in [-0.05, 0) is 17.9 Å². The molecule has 1 atom stereocenters. The van der Waals surface area contributed by atoms with Crippen LogP contribution >= 0.6 is 11.3 Å². The van der Waals surface area contributed by atoms with Crippen LogP contribution in [0.2, 0.25) is 0 Å². The van der Waals surface area contributed by atoms with Gasteiger partial charge in [0.15, 0.2) is 0 Å². The van der Waals surface area contributed by atoms with Gasteiger partial charge >= 0.3 is 5.97 Å². The summed E-state index contributed by atoms with van der Waals surface area (Å²) in [5.74, 6) is -1.58. The van der Waals surface area contributed by atoms with Crippen molar-refractivity contribution in [3.63, 3.8) is 0 Å². The van der Waals surface area contributed by atoms with Crippen molar-refractivity contribution in [1.29, 1.82) is 0 Å². The average Bonchev–Trinajstić information content (AvgIpc) is 2.95. The molecule has 0 saturated heterocycles. The van der Waals surface area contributed by atoms with Crippen LogP contribution in [0.4, 0.5) is 0 Å². The molecule has 2 aromatic rings. The Labute approximate surface area is 130 Å². The fraction of sp³-hybridized carbons (Fsp3) is 0.429. The number of carbonyl (C=O) groups is 2. The van der Waals surface area contributed by atoms with Gasteiger partial charge in [0.05, 0.1) is 11.7 Å². The number of hydrogen-bond acceptors (Lipinski definition) is 5. The Kier molecular flexibility index (Phi) is 5.26. The lowest BCUT2D eigenvalue weighted by atomic mass is 10.1. The highest BCUT2D eigenvalue weighted by Gasteiger charge is 2.19. The van der Waals surface area contributed by atoms with Crippen LogP contribution < -0.4 is 10.9 Å². The zero-order valence-corrected chi connectivity index (χ0v) is 12.9. The Bertz CT molecular complexity index is 737. The molecule has 22 heavy (non-hydrogen) atoms. The number of aliphatic carboxylic acids is 1. The minimum atomic E-state index is -1.07. The molecule has 0 unspecified atom stereocenters. The van der Waals surface area contributed by atoms with Crippen LogP contribution in [-0.2, 0) is 16.1 Å². The number of rotatable bonds is 7. The molecule has 0 fully saturated rings. The fourth-order valence-electron chi connectivity index (χ4n) is 2.07. The summed E-state index contributed by atoms with van der Waals surface area (Å²) in [4.78, 5) is 39.9. The zero-order chi connectivity index (χ0) is 16.1. The molecule has 8 heteroatoms. The number of aromatic nitrogens is 2. The molecule has 118 valence electrons. The Balaban J connectivity index is 2.08. The van der Waals surface area contributed by atoms with Crippen molar-refractivity contribution < 1.29 is 14.7 Å². The zero-order valence-electron chi connectivity index (χ0n) is 12.1. The maximum Gasteiger partial charge on any atom is 0.326 e. The fourth-order valence-corrected chi connectivity index (χ4v) is 2.79. The second-order valence-electron chi connectivity index (χ2n) is 4.92.